The van der Waals surface area contributed by atoms with E-state index in [0.29, 0.717) is 0 Å². The minimum atomic E-state index is -0.859. The van der Waals surface area contributed by atoms with Crippen LogP contribution in [0.2, 0.25) is 0 Å². The quantitative estimate of drug-likeness (QED) is 0.0909. The monoisotopic (exact) mass is 490 g/mol. The molecular formula is C28H58O6. The highest BCUT2D eigenvalue weighted by atomic mass is 16.9. The summed E-state index contributed by atoms with van der Waals surface area (Å²) in [4.78, 5) is 0. The van der Waals surface area contributed by atoms with Gasteiger partial charge in [-0.1, -0.05) is 96.8 Å². The maximum absolute atomic E-state index is 5.34. The van der Waals surface area contributed by atoms with Gasteiger partial charge in [-0.05, 0) is 18.8 Å². The minimum Gasteiger partial charge on any atom is -0.331 e. The maximum atomic E-state index is 5.34. The fraction of sp³-hybridized carbons (Fsp3) is 1.00. The van der Waals surface area contributed by atoms with Crippen LogP contribution in [0.4, 0.5) is 0 Å². The van der Waals surface area contributed by atoms with Crippen LogP contribution in [-0.4, -0.2) is 54.6 Å². The highest BCUT2D eigenvalue weighted by Gasteiger charge is 2.29. The normalized spacial score (nSPS) is 12.7. The van der Waals surface area contributed by atoms with Crippen LogP contribution in [0.5, 0.6) is 0 Å². The van der Waals surface area contributed by atoms with E-state index < -0.39 is 11.9 Å². The van der Waals surface area contributed by atoms with Gasteiger partial charge >= 0.3 is 0 Å². The van der Waals surface area contributed by atoms with E-state index in [1.54, 1.807) is 42.7 Å². The van der Waals surface area contributed by atoms with Crippen molar-refractivity contribution in [3.05, 3.63) is 0 Å². The summed E-state index contributed by atoms with van der Waals surface area (Å²) < 4.78 is 32.1. The van der Waals surface area contributed by atoms with E-state index in [0.717, 1.165) is 31.6 Å². The molecule has 6 heteroatoms. The van der Waals surface area contributed by atoms with E-state index in [-0.39, 0.29) is 0 Å². The summed E-state index contributed by atoms with van der Waals surface area (Å²) in [5.74, 6) is -0.846. The zero-order valence-electron chi connectivity index (χ0n) is 23.8. The molecule has 0 rings (SSSR count). The predicted octanol–water partition coefficient (Wildman–Crippen LogP) is 7.83. The molecule has 0 saturated carbocycles. The van der Waals surface area contributed by atoms with Crippen LogP contribution in [0.25, 0.3) is 0 Å². The van der Waals surface area contributed by atoms with Gasteiger partial charge in [-0.3, -0.25) is 0 Å². The molecule has 34 heavy (non-hydrogen) atoms. The average Bonchev–Trinajstić information content (AvgIpc) is 2.87. The fourth-order valence-electron chi connectivity index (χ4n) is 4.69. The van der Waals surface area contributed by atoms with Gasteiger partial charge in [0.1, 0.15) is 0 Å². The molecule has 0 N–H and O–H groups in total. The van der Waals surface area contributed by atoms with Gasteiger partial charge < -0.3 is 28.4 Å². The van der Waals surface area contributed by atoms with Crippen molar-refractivity contribution < 1.29 is 28.4 Å². The molecule has 0 saturated heterocycles. The molecule has 0 aliphatic carbocycles. The molecule has 0 atom stereocenters. The molecule has 0 aromatic rings. The van der Waals surface area contributed by atoms with Crippen LogP contribution in [0.1, 0.15) is 122 Å². The number of hydrogen-bond donors (Lipinski definition) is 0. The summed E-state index contributed by atoms with van der Waals surface area (Å²) >= 11 is 0. The van der Waals surface area contributed by atoms with Crippen molar-refractivity contribution in [3.63, 3.8) is 0 Å². The second-order valence-electron chi connectivity index (χ2n) is 9.72. The Kier molecular flexibility index (Phi) is 21.8. The van der Waals surface area contributed by atoms with Crippen molar-refractivity contribution in [2.24, 2.45) is 5.92 Å². The van der Waals surface area contributed by atoms with E-state index >= 15 is 0 Å². The lowest BCUT2D eigenvalue weighted by molar-refractivity contribution is -0.355. The second kappa shape index (κ2) is 22.0. The molecule has 0 bridgehead atoms. The summed E-state index contributed by atoms with van der Waals surface area (Å²) in [6.45, 7) is 2.43. The molecule has 0 aromatic carbocycles. The summed E-state index contributed by atoms with van der Waals surface area (Å²) in [5.41, 5.74) is 0. The summed E-state index contributed by atoms with van der Waals surface area (Å²) in [7, 11) is 9.81. The van der Waals surface area contributed by atoms with Crippen molar-refractivity contribution in [2.45, 2.75) is 134 Å². The zero-order valence-corrected chi connectivity index (χ0v) is 23.8. The van der Waals surface area contributed by atoms with E-state index in [2.05, 4.69) is 6.92 Å². The van der Waals surface area contributed by atoms with Gasteiger partial charge in [0.25, 0.3) is 11.9 Å². The number of methoxy groups -OCH3 is 6. The largest absolute Gasteiger partial charge is 0.331 e. The van der Waals surface area contributed by atoms with Crippen molar-refractivity contribution in [2.75, 3.05) is 42.7 Å². The van der Waals surface area contributed by atoms with E-state index in [1.165, 1.54) is 89.9 Å². The molecule has 0 heterocycles. The second-order valence-corrected chi connectivity index (χ2v) is 9.72. The lowest BCUT2D eigenvalue weighted by atomic mass is 9.95. The Balaban J connectivity index is 3.47. The standard InChI is InChI=1S/C28H58O6/c1-26(22-18-14-10-8-12-16-20-24-27(29-2,30-3)31-4)23-19-15-11-9-13-17-21-25-28(32-5,33-6)34-7/h26H,8-25H2,1-7H3. The maximum Gasteiger partial charge on any atom is 0.282 e. The van der Waals surface area contributed by atoms with Crippen LogP contribution in [0, 0.1) is 5.92 Å². The van der Waals surface area contributed by atoms with Gasteiger partial charge in [-0.15, -0.1) is 0 Å². The van der Waals surface area contributed by atoms with Crippen LogP contribution in [0.3, 0.4) is 0 Å². The lowest BCUT2D eigenvalue weighted by Gasteiger charge is -2.28. The number of rotatable bonds is 26. The Morgan fingerprint density at radius 1 is 0.382 bits per heavy atom. The molecule has 6 nitrogen and oxygen atoms in total. The third kappa shape index (κ3) is 15.7. The Morgan fingerprint density at radius 3 is 0.882 bits per heavy atom. The first kappa shape index (κ1) is 33.8. The summed E-state index contributed by atoms with van der Waals surface area (Å²) in [6, 6.07) is 0. The van der Waals surface area contributed by atoms with Crippen molar-refractivity contribution in [1.29, 1.82) is 0 Å². The first-order valence-corrected chi connectivity index (χ1v) is 13.8. The highest BCUT2D eigenvalue weighted by molar-refractivity contribution is 4.59. The Bertz CT molecular complexity index is 369. The van der Waals surface area contributed by atoms with Crippen molar-refractivity contribution in [3.8, 4) is 0 Å². The molecule has 0 amide bonds. The molecule has 0 radical (unpaired) electrons. The third-order valence-corrected chi connectivity index (χ3v) is 7.23. The first-order chi connectivity index (χ1) is 16.5. The van der Waals surface area contributed by atoms with Crippen LogP contribution < -0.4 is 0 Å². The average molecular weight is 491 g/mol. The Labute approximate surface area is 211 Å². The van der Waals surface area contributed by atoms with Crippen molar-refractivity contribution in [1.82, 2.24) is 0 Å². The number of ether oxygens (including phenoxy) is 6. The van der Waals surface area contributed by atoms with Gasteiger partial charge in [0.05, 0.1) is 0 Å². The molecule has 206 valence electrons. The predicted molar refractivity (Wildman–Crippen MR) is 140 cm³/mol. The summed E-state index contributed by atoms with van der Waals surface area (Å²) in [6.07, 6.45) is 22.4. The van der Waals surface area contributed by atoms with E-state index in [4.69, 9.17) is 28.4 Å². The molecule has 0 spiro atoms. The van der Waals surface area contributed by atoms with Crippen molar-refractivity contribution >= 4 is 0 Å². The van der Waals surface area contributed by atoms with Gasteiger partial charge in [0.2, 0.25) is 0 Å². The first-order valence-electron chi connectivity index (χ1n) is 13.8. The van der Waals surface area contributed by atoms with Crippen LogP contribution >= 0.6 is 0 Å². The SMILES string of the molecule is COC(CCCCCCCCCC(C)CCCCCCCCCC(OC)(OC)OC)(OC)OC. The fourth-order valence-corrected chi connectivity index (χ4v) is 4.69. The minimum absolute atomic E-state index is 0.784. The van der Waals surface area contributed by atoms with E-state index in [1.807, 2.05) is 0 Å². The topological polar surface area (TPSA) is 55.4 Å². The van der Waals surface area contributed by atoms with E-state index in [9.17, 15) is 0 Å². The molecule has 0 aromatic heterocycles. The summed E-state index contributed by atoms with van der Waals surface area (Å²) in [5, 5.41) is 0. The molecule has 0 unspecified atom stereocenters. The van der Waals surface area contributed by atoms with Crippen LogP contribution in [0.15, 0.2) is 0 Å². The van der Waals surface area contributed by atoms with Crippen LogP contribution in [-0.2, 0) is 28.4 Å². The number of hydrogen-bond acceptors (Lipinski definition) is 6. The Hall–Kier alpha value is -0.240. The van der Waals surface area contributed by atoms with Gasteiger partial charge in [-0.25, -0.2) is 0 Å². The third-order valence-electron chi connectivity index (χ3n) is 7.23. The van der Waals surface area contributed by atoms with Gasteiger partial charge in [-0.2, -0.15) is 0 Å². The molecule has 0 aliphatic rings. The zero-order chi connectivity index (χ0) is 25.5. The molecule has 0 aliphatic heterocycles. The molecule has 0 fully saturated rings. The Morgan fingerprint density at radius 2 is 0.618 bits per heavy atom. The molecular weight excluding hydrogens is 432 g/mol. The smallest absolute Gasteiger partial charge is 0.282 e. The highest BCUT2D eigenvalue weighted by Crippen LogP contribution is 2.23. The van der Waals surface area contributed by atoms with Gasteiger partial charge in [0.15, 0.2) is 0 Å². The number of unbranched alkanes of at least 4 members (excludes halogenated alkanes) is 12. The van der Waals surface area contributed by atoms with Gasteiger partial charge in [0, 0.05) is 55.5 Å². The lowest BCUT2D eigenvalue weighted by Crippen LogP contribution is -2.35.